The lowest BCUT2D eigenvalue weighted by atomic mass is 10.0. The Hall–Kier alpha value is -2.22. The van der Waals surface area contributed by atoms with Crippen LogP contribution in [0.3, 0.4) is 0 Å². The van der Waals surface area contributed by atoms with E-state index in [1.165, 1.54) is 11.1 Å². The first kappa shape index (κ1) is 11.8. The maximum absolute atomic E-state index is 4.67. The van der Waals surface area contributed by atoms with Gasteiger partial charge in [0, 0.05) is 11.8 Å². The van der Waals surface area contributed by atoms with Gasteiger partial charge in [0.15, 0.2) is 5.82 Å². The highest BCUT2D eigenvalue weighted by atomic mass is 14.9. The smallest absolute Gasteiger partial charge is 0.159 e. The van der Waals surface area contributed by atoms with Crippen molar-refractivity contribution in [2.75, 3.05) is 0 Å². The Balaban J connectivity index is 1.98. The highest BCUT2D eigenvalue weighted by Gasteiger charge is 2.06. The summed E-state index contributed by atoms with van der Waals surface area (Å²) in [6.45, 7) is 2.08. The van der Waals surface area contributed by atoms with Crippen LogP contribution in [0.25, 0.3) is 17.0 Å². The molecule has 3 rings (SSSR count). The molecule has 0 aliphatic heterocycles. The summed E-state index contributed by atoms with van der Waals surface area (Å²) in [5, 5.41) is 0. The molecule has 0 radical (unpaired) electrons. The average Bonchev–Trinajstić information content (AvgIpc) is 2.49. The normalized spacial score (nSPS) is 14.3. The van der Waals surface area contributed by atoms with Crippen molar-refractivity contribution in [1.82, 2.24) is 9.97 Å². The topological polar surface area (TPSA) is 25.8 Å². The third-order valence-electron chi connectivity index (χ3n) is 3.26. The van der Waals surface area contributed by atoms with Gasteiger partial charge in [0.25, 0.3) is 0 Å². The number of aromatic nitrogens is 2. The Morgan fingerprint density at radius 1 is 1.00 bits per heavy atom. The van der Waals surface area contributed by atoms with Crippen molar-refractivity contribution in [3.05, 3.63) is 66.0 Å². The molecule has 1 aromatic heterocycles. The molecule has 1 heterocycles. The van der Waals surface area contributed by atoms with Gasteiger partial charge in [0.2, 0.25) is 0 Å². The third-order valence-corrected chi connectivity index (χ3v) is 3.26. The molecule has 0 fully saturated rings. The fourth-order valence-corrected chi connectivity index (χ4v) is 2.16. The Morgan fingerprint density at radius 2 is 1.84 bits per heavy atom. The summed E-state index contributed by atoms with van der Waals surface area (Å²) in [5.74, 6) is 0.789. The zero-order valence-corrected chi connectivity index (χ0v) is 11.0. The number of hydrogen-bond acceptors (Lipinski definition) is 2. The van der Waals surface area contributed by atoms with E-state index in [1.54, 1.807) is 0 Å². The van der Waals surface area contributed by atoms with E-state index in [2.05, 4.69) is 59.4 Å². The van der Waals surface area contributed by atoms with Crippen LogP contribution in [0.1, 0.15) is 24.1 Å². The molecule has 0 spiro atoms. The fraction of sp³-hybridized carbons (Fsp3) is 0.176. The highest BCUT2D eigenvalue weighted by molar-refractivity contribution is 5.73. The van der Waals surface area contributed by atoms with Gasteiger partial charge >= 0.3 is 0 Å². The van der Waals surface area contributed by atoms with E-state index in [0.717, 1.165) is 29.9 Å². The summed E-state index contributed by atoms with van der Waals surface area (Å²) >= 11 is 0. The Morgan fingerprint density at radius 3 is 2.58 bits per heavy atom. The molecule has 0 saturated heterocycles. The lowest BCUT2D eigenvalue weighted by molar-refractivity contribution is 1.03. The summed E-state index contributed by atoms with van der Waals surface area (Å²) in [6, 6.07) is 10.3. The van der Waals surface area contributed by atoms with Crippen molar-refractivity contribution < 1.29 is 0 Å². The summed E-state index contributed by atoms with van der Waals surface area (Å²) in [6.07, 6.45) is 10.6. The van der Waals surface area contributed by atoms with Gasteiger partial charge in [-0.25, -0.2) is 9.97 Å². The van der Waals surface area contributed by atoms with Crippen LogP contribution in [0.4, 0.5) is 0 Å². The van der Waals surface area contributed by atoms with Crippen molar-refractivity contribution in [3.63, 3.8) is 0 Å². The summed E-state index contributed by atoms with van der Waals surface area (Å²) in [7, 11) is 0. The number of benzene rings is 1. The monoisotopic (exact) mass is 248 g/mol. The van der Waals surface area contributed by atoms with Crippen molar-refractivity contribution in [2.24, 2.45) is 0 Å². The zero-order valence-electron chi connectivity index (χ0n) is 11.0. The molecule has 1 aromatic carbocycles. The van der Waals surface area contributed by atoms with E-state index in [-0.39, 0.29) is 0 Å². The molecule has 0 unspecified atom stereocenters. The SMILES string of the molecule is Cc1ccc(-c2nccc(C3=CCCC=C3)n2)cc1. The highest BCUT2D eigenvalue weighted by Crippen LogP contribution is 2.22. The van der Waals surface area contributed by atoms with Crippen molar-refractivity contribution in [1.29, 1.82) is 0 Å². The molecule has 0 N–H and O–H groups in total. The van der Waals surface area contributed by atoms with Crippen LogP contribution >= 0.6 is 0 Å². The first-order valence-electron chi connectivity index (χ1n) is 6.60. The van der Waals surface area contributed by atoms with Crippen LogP contribution in [0.2, 0.25) is 0 Å². The molecule has 0 amide bonds. The number of rotatable bonds is 2. The second-order valence-electron chi connectivity index (χ2n) is 4.77. The Labute approximate surface area is 113 Å². The molecule has 1 aliphatic carbocycles. The van der Waals surface area contributed by atoms with Gasteiger partial charge in [-0.15, -0.1) is 0 Å². The van der Waals surface area contributed by atoms with Crippen LogP contribution in [0, 0.1) is 6.92 Å². The Bertz CT molecular complexity index is 637. The van der Waals surface area contributed by atoms with Gasteiger partial charge in [-0.3, -0.25) is 0 Å². The van der Waals surface area contributed by atoms with Crippen molar-refractivity contribution >= 4 is 5.57 Å². The lowest BCUT2D eigenvalue weighted by Crippen LogP contribution is -1.95. The largest absolute Gasteiger partial charge is 0.237 e. The fourth-order valence-electron chi connectivity index (χ4n) is 2.16. The molecule has 2 nitrogen and oxygen atoms in total. The molecule has 0 atom stereocenters. The minimum Gasteiger partial charge on any atom is -0.237 e. The van der Waals surface area contributed by atoms with Gasteiger partial charge in [-0.05, 0) is 31.4 Å². The van der Waals surface area contributed by atoms with Crippen LogP contribution in [-0.4, -0.2) is 9.97 Å². The van der Waals surface area contributed by atoms with Gasteiger partial charge in [0.05, 0.1) is 5.69 Å². The number of nitrogens with zero attached hydrogens (tertiary/aromatic N) is 2. The lowest BCUT2D eigenvalue weighted by Gasteiger charge is -2.08. The molecule has 0 bridgehead atoms. The minimum atomic E-state index is 0.789. The van der Waals surface area contributed by atoms with Crippen LogP contribution in [0.15, 0.2) is 54.8 Å². The summed E-state index contributed by atoms with van der Waals surface area (Å²) < 4.78 is 0. The third kappa shape index (κ3) is 2.63. The Kier molecular flexibility index (Phi) is 3.23. The standard InChI is InChI=1S/C17H16N2/c1-13-7-9-15(10-8-13)17-18-12-11-16(19-17)14-5-3-2-4-6-14/h3,5-12H,2,4H2,1H3. The molecule has 94 valence electrons. The predicted molar refractivity (Wildman–Crippen MR) is 78.6 cm³/mol. The first-order valence-corrected chi connectivity index (χ1v) is 6.60. The van der Waals surface area contributed by atoms with E-state index >= 15 is 0 Å². The first-order chi connectivity index (χ1) is 9.33. The van der Waals surface area contributed by atoms with Crippen LogP contribution < -0.4 is 0 Å². The maximum atomic E-state index is 4.67. The second-order valence-corrected chi connectivity index (χ2v) is 4.77. The van der Waals surface area contributed by atoms with E-state index in [0.29, 0.717) is 0 Å². The van der Waals surface area contributed by atoms with E-state index in [4.69, 9.17) is 0 Å². The van der Waals surface area contributed by atoms with Crippen molar-refractivity contribution in [2.45, 2.75) is 19.8 Å². The number of hydrogen-bond donors (Lipinski definition) is 0. The van der Waals surface area contributed by atoms with Crippen LogP contribution in [0.5, 0.6) is 0 Å². The molecule has 1 aliphatic rings. The molecule has 2 aromatic rings. The summed E-state index contributed by atoms with van der Waals surface area (Å²) in [4.78, 5) is 9.04. The second kappa shape index (κ2) is 5.19. The molecular weight excluding hydrogens is 232 g/mol. The van der Waals surface area contributed by atoms with E-state index < -0.39 is 0 Å². The maximum Gasteiger partial charge on any atom is 0.159 e. The molecular formula is C17H16N2. The van der Waals surface area contributed by atoms with Gasteiger partial charge in [-0.2, -0.15) is 0 Å². The number of aryl methyl sites for hydroxylation is 1. The quantitative estimate of drug-likeness (QED) is 0.796. The molecule has 19 heavy (non-hydrogen) atoms. The zero-order chi connectivity index (χ0) is 13.1. The van der Waals surface area contributed by atoms with E-state index in [9.17, 15) is 0 Å². The van der Waals surface area contributed by atoms with Crippen molar-refractivity contribution in [3.8, 4) is 11.4 Å². The molecule has 0 saturated carbocycles. The molecule has 2 heteroatoms. The number of allylic oxidation sites excluding steroid dienone is 4. The van der Waals surface area contributed by atoms with Gasteiger partial charge < -0.3 is 0 Å². The van der Waals surface area contributed by atoms with Crippen LogP contribution in [-0.2, 0) is 0 Å². The predicted octanol–water partition coefficient (Wildman–Crippen LogP) is 4.19. The summed E-state index contributed by atoms with van der Waals surface area (Å²) in [5.41, 5.74) is 4.51. The van der Waals surface area contributed by atoms with E-state index in [1.807, 2.05) is 12.3 Å². The average molecular weight is 248 g/mol. The van der Waals surface area contributed by atoms with Gasteiger partial charge in [0.1, 0.15) is 0 Å². The van der Waals surface area contributed by atoms with Gasteiger partial charge in [-0.1, -0.05) is 48.1 Å². The minimum absolute atomic E-state index is 0.789.